The molecule has 1 aliphatic carbocycles. The van der Waals surface area contributed by atoms with Gasteiger partial charge in [-0.05, 0) is 39.3 Å². The summed E-state index contributed by atoms with van der Waals surface area (Å²) < 4.78 is 0. The predicted molar refractivity (Wildman–Crippen MR) is 72.5 cm³/mol. The van der Waals surface area contributed by atoms with Crippen LogP contribution in [0.15, 0.2) is 36.0 Å². The van der Waals surface area contributed by atoms with Gasteiger partial charge in [-0.3, -0.25) is 9.59 Å². The van der Waals surface area contributed by atoms with Crippen LogP contribution in [0.1, 0.15) is 27.2 Å². The topological polar surface area (TPSA) is 74.6 Å². The average Bonchev–Trinajstić information content (AvgIpc) is 2.29. The maximum Gasteiger partial charge on any atom is 0.182 e. The Morgan fingerprint density at radius 3 is 2.37 bits per heavy atom. The van der Waals surface area contributed by atoms with E-state index >= 15 is 0 Å². The molecule has 1 aliphatic rings. The lowest BCUT2D eigenvalue weighted by molar-refractivity contribution is -0.115. The summed E-state index contributed by atoms with van der Waals surface area (Å²) in [5.41, 5.74) is -0.552. The van der Waals surface area contributed by atoms with Crippen molar-refractivity contribution in [3.8, 4) is 0 Å². The van der Waals surface area contributed by atoms with Crippen LogP contribution in [0.2, 0.25) is 0 Å². The third kappa shape index (κ3) is 3.72. The Bertz CT molecular complexity index is 463. The molecule has 0 bridgehead atoms. The zero-order chi connectivity index (χ0) is 14.8. The summed E-state index contributed by atoms with van der Waals surface area (Å²) in [6.45, 7) is 8.20. The Labute approximate surface area is 113 Å². The average molecular weight is 264 g/mol. The van der Waals surface area contributed by atoms with Crippen LogP contribution in [0.3, 0.4) is 0 Å². The number of carbonyl (C=O) groups is 2. The van der Waals surface area contributed by atoms with Crippen LogP contribution in [-0.4, -0.2) is 33.5 Å². The molecule has 0 heterocycles. The van der Waals surface area contributed by atoms with Gasteiger partial charge in [0.05, 0.1) is 11.7 Å². The summed E-state index contributed by atoms with van der Waals surface area (Å²) in [5.74, 6) is -0.911. The van der Waals surface area contributed by atoms with Crippen LogP contribution >= 0.6 is 0 Å². The van der Waals surface area contributed by atoms with E-state index in [1.807, 2.05) is 0 Å². The highest BCUT2D eigenvalue weighted by Gasteiger charge is 2.30. The minimum Gasteiger partial charge on any atom is -0.390 e. The Balaban J connectivity index is 2.94. The molecule has 0 fully saturated rings. The quantitative estimate of drug-likeness (QED) is 0.580. The van der Waals surface area contributed by atoms with Crippen LogP contribution in [0.25, 0.3) is 0 Å². The Morgan fingerprint density at radius 1 is 1.32 bits per heavy atom. The minimum absolute atomic E-state index is 0.144. The van der Waals surface area contributed by atoms with Gasteiger partial charge in [0.2, 0.25) is 0 Å². The van der Waals surface area contributed by atoms with Crippen molar-refractivity contribution >= 4 is 11.6 Å². The van der Waals surface area contributed by atoms with Gasteiger partial charge in [0, 0.05) is 17.1 Å². The fourth-order valence-electron chi connectivity index (χ4n) is 1.85. The van der Waals surface area contributed by atoms with Crippen molar-refractivity contribution in [3.63, 3.8) is 0 Å². The molecule has 2 atom stereocenters. The first kappa shape index (κ1) is 15.5. The molecule has 4 heteroatoms. The monoisotopic (exact) mass is 264 g/mol. The normalized spacial score (nSPS) is 19.6. The summed E-state index contributed by atoms with van der Waals surface area (Å²) in [7, 11) is 0. The van der Waals surface area contributed by atoms with Gasteiger partial charge >= 0.3 is 0 Å². The molecule has 0 aromatic heterocycles. The summed E-state index contributed by atoms with van der Waals surface area (Å²) in [4.78, 5) is 23.5. The number of aliphatic hydroxyl groups is 2. The van der Waals surface area contributed by atoms with Crippen molar-refractivity contribution in [2.24, 2.45) is 5.92 Å². The lowest BCUT2D eigenvalue weighted by atomic mass is 9.83. The molecule has 0 radical (unpaired) electrons. The van der Waals surface area contributed by atoms with Crippen molar-refractivity contribution in [2.75, 3.05) is 0 Å². The SMILES string of the molecule is C=C[C@H](C[C@@H](O)C(C)(C)O)C1=CC(=O)C(C)=CC1=O. The lowest BCUT2D eigenvalue weighted by Gasteiger charge is -2.28. The van der Waals surface area contributed by atoms with Gasteiger partial charge in [0.15, 0.2) is 11.6 Å². The third-order valence-corrected chi connectivity index (χ3v) is 3.28. The molecule has 0 amide bonds. The van der Waals surface area contributed by atoms with Crippen LogP contribution in [0.4, 0.5) is 0 Å². The first-order valence-electron chi connectivity index (χ1n) is 6.18. The van der Waals surface area contributed by atoms with Gasteiger partial charge in [-0.15, -0.1) is 6.58 Å². The largest absolute Gasteiger partial charge is 0.390 e. The van der Waals surface area contributed by atoms with Crippen molar-refractivity contribution in [3.05, 3.63) is 36.0 Å². The zero-order valence-electron chi connectivity index (χ0n) is 11.5. The first-order valence-corrected chi connectivity index (χ1v) is 6.18. The highest BCUT2D eigenvalue weighted by molar-refractivity contribution is 6.20. The van der Waals surface area contributed by atoms with E-state index in [2.05, 4.69) is 6.58 Å². The van der Waals surface area contributed by atoms with Crippen LogP contribution in [0.5, 0.6) is 0 Å². The molecular weight excluding hydrogens is 244 g/mol. The molecule has 2 N–H and O–H groups in total. The third-order valence-electron chi connectivity index (χ3n) is 3.28. The van der Waals surface area contributed by atoms with E-state index in [-0.39, 0.29) is 18.0 Å². The Hall–Kier alpha value is -1.52. The van der Waals surface area contributed by atoms with Gasteiger partial charge in [-0.2, -0.15) is 0 Å². The van der Waals surface area contributed by atoms with Crippen molar-refractivity contribution in [2.45, 2.75) is 38.9 Å². The highest BCUT2D eigenvalue weighted by atomic mass is 16.3. The molecule has 0 aromatic carbocycles. The van der Waals surface area contributed by atoms with Crippen LogP contribution < -0.4 is 0 Å². The maximum atomic E-state index is 11.9. The van der Waals surface area contributed by atoms with E-state index in [4.69, 9.17) is 0 Å². The fourth-order valence-corrected chi connectivity index (χ4v) is 1.85. The number of ketones is 2. The molecule has 0 unspecified atom stereocenters. The second kappa shape index (κ2) is 5.63. The van der Waals surface area contributed by atoms with E-state index < -0.39 is 17.6 Å². The zero-order valence-corrected chi connectivity index (χ0v) is 11.5. The van der Waals surface area contributed by atoms with E-state index in [1.165, 1.54) is 32.1 Å². The van der Waals surface area contributed by atoms with Gasteiger partial charge in [0.25, 0.3) is 0 Å². The molecule has 0 saturated carbocycles. The van der Waals surface area contributed by atoms with Crippen molar-refractivity contribution < 1.29 is 19.8 Å². The fraction of sp³-hybridized carbons (Fsp3) is 0.467. The Kier molecular flexibility index (Phi) is 4.61. The summed E-state index contributed by atoms with van der Waals surface area (Å²) in [6, 6.07) is 0. The second-order valence-corrected chi connectivity index (χ2v) is 5.40. The number of allylic oxidation sites excluding steroid dienone is 5. The summed E-state index contributed by atoms with van der Waals surface area (Å²) >= 11 is 0. The van der Waals surface area contributed by atoms with E-state index in [9.17, 15) is 19.8 Å². The van der Waals surface area contributed by atoms with Gasteiger partial charge in [0.1, 0.15) is 0 Å². The second-order valence-electron chi connectivity index (χ2n) is 5.40. The van der Waals surface area contributed by atoms with Crippen LogP contribution in [-0.2, 0) is 9.59 Å². The van der Waals surface area contributed by atoms with E-state index in [0.29, 0.717) is 11.1 Å². The molecule has 0 spiro atoms. The number of hydrogen-bond donors (Lipinski definition) is 2. The maximum absolute atomic E-state index is 11.9. The molecule has 0 saturated heterocycles. The van der Waals surface area contributed by atoms with Crippen LogP contribution in [0, 0.1) is 5.92 Å². The Morgan fingerprint density at radius 2 is 1.89 bits per heavy atom. The van der Waals surface area contributed by atoms with E-state index in [0.717, 1.165) is 0 Å². The molecule has 19 heavy (non-hydrogen) atoms. The first-order chi connectivity index (χ1) is 8.66. The smallest absolute Gasteiger partial charge is 0.182 e. The lowest BCUT2D eigenvalue weighted by Crippen LogP contribution is -2.37. The highest BCUT2D eigenvalue weighted by Crippen LogP contribution is 2.26. The predicted octanol–water partition coefficient (Wildman–Crippen LogP) is 1.33. The number of aliphatic hydroxyl groups excluding tert-OH is 1. The van der Waals surface area contributed by atoms with Crippen molar-refractivity contribution in [1.29, 1.82) is 0 Å². The molecule has 4 nitrogen and oxygen atoms in total. The van der Waals surface area contributed by atoms with Gasteiger partial charge in [-0.25, -0.2) is 0 Å². The summed E-state index contributed by atoms with van der Waals surface area (Å²) in [6.07, 6.45) is 3.24. The standard InChI is InChI=1S/C15H20O4/c1-5-10(7-14(18)15(3,4)19)11-8-12(16)9(2)6-13(11)17/h5-6,8,10,14,18-19H,1,7H2,2-4H3/t10-,14-/m1/s1. The minimum atomic E-state index is -1.27. The van der Waals surface area contributed by atoms with Gasteiger partial charge < -0.3 is 10.2 Å². The van der Waals surface area contributed by atoms with Crippen molar-refractivity contribution in [1.82, 2.24) is 0 Å². The summed E-state index contributed by atoms with van der Waals surface area (Å²) in [5, 5.41) is 19.6. The van der Waals surface area contributed by atoms with E-state index in [1.54, 1.807) is 6.92 Å². The molecule has 1 rings (SSSR count). The molecule has 104 valence electrons. The number of carbonyl (C=O) groups excluding carboxylic acids is 2. The molecule has 0 aromatic rings. The molecule has 0 aliphatic heterocycles. The molecular formula is C15H20O4. The number of hydrogen-bond acceptors (Lipinski definition) is 4. The number of rotatable bonds is 5. The van der Waals surface area contributed by atoms with Gasteiger partial charge in [-0.1, -0.05) is 6.08 Å².